The smallest absolute Gasteiger partial charge is 0.289 e. The zero-order valence-electron chi connectivity index (χ0n) is 14.2. The van der Waals surface area contributed by atoms with Gasteiger partial charge < -0.3 is 4.90 Å². The summed E-state index contributed by atoms with van der Waals surface area (Å²) in [5.41, 5.74) is 7.06. The Kier molecular flexibility index (Phi) is 5.89. The number of thioether (sulfide) groups is 1. The predicted octanol–water partition coefficient (Wildman–Crippen LogP) is 2.30. The van der Waals surface area contributed by atoms with Gasteiger partial charge in [0.1, 0.15) is 17.2 Å². The minimum Gasteiger partial charge on any atom is -0.323 e. The van der Waals surface area contributed by atoms with Gasteiger partial charge in [-0.25, -0.2) is 4.98 Å². The number of nitrogens with zero attached hydrogens (tertiary/aromatic N) is 2. The second kappa shape index (κ2) is 8.33. The quantitative estimate of drug-likeness (QED) is 0.765. The number of hydrogen-bond donors (Lipinski definition) is 2. The van der Waals surface area contributed by atoms with Crippen LogP contribution in [-0.4, -0.2) is 45.8 Å². The van der Waals surface area contributed by atoms with Crippen LogP contribution in [0.2, 0.25) is 0 Å². The van der Waals surface area contributed by atoms with Crippen molar-refractivity contribution in [1.82, 2.24) is 20.7 Å². The molecule has 1 aromatic carbocycles. The average Bonchev–Trinajstić information content (AvgIpc) is 3.30. The van der Waals surface area contributed by atoms with Crippen molar-refractivity contribution in [2.75, 3.05) is 18.8 Å². The Morgan fingerprint density at radius 1 is 1.23 bits per heavy atom. The number of carbonyl (C=O) groups excluding carboxylic acids is 3. The van der Waals surface area contributed by atoms with Gasteiger partial charge in [0.05, 0.1) is 0 Å². The summed E-state index contributed by atoms with van der Waals surface area (Å²) in [5.74, 6) is -0.257. The van der Waals surface area contributed by atoms with Gasteiger partial charge in [-0.3, -0.25) is 25.2 Å². The summed E-state index contributed by atoms with van der Waals surface area (Å²) >= 11 is 2.55. The molecule has 0 spiro atoms. The van der Waals surface area contributed by atoms with E-state index in [-0.39, 0.29) is 17.5 Å². The molecule has 2 aromatic rings. The number of hydrogen-bond acceptors (Lipinski definition) is 6. The minimum absolute atomic E-state index is 0.0712. The largest absolute Gasteiger partial charge is 0.323 e. The molecule has 0 bridgehead atoms. The van der Waals surface area contributed by atoms with Crippen LogP contribution in [0, 0.1) is 0 Å². The zero-order valence-corrected chi connectivity index (χ0v) is 15.8. The molecule has 1 saturated heterocycles. The molecule has 3 rings (SSSR count). The Labute approximate surface area is 159 Å². The van der Waals surface area contributed by atoms with Gasteiger partial charge in [-0.1, -0.05) is 43.0 Å². The second-order valence-corrected chi connectivity index (χ2v) is 7.53. The highest BCUT2D eigenvalue weighted by atomic mass is 32.2. The maximum Gasteiger partial charge on any atom is 0.289 e. The Hall–Kier alpha value is -2.39. The fraction of sp³-hybridized carbons (Fsp3) is 0.294. The Morgan fingerprint density at radius 3 is 2.65 bits per heavy atom. The SMILES string of the molecule is CCc1ccc(-c2nc(C(=O)NNC(=O)CN3CCSC3=O)cs2)cc1. The van der Waals surface area contributed by atoms with Gasteiger partial charge in [0.15, 0.2) is 0 Å². The Morgan fingerprint density at radius 2 is 2.00 bits per heavy atom. The molecule has 2 N–H and O–H groups in total. The number of hydrazine groups is 1. The van der Waals surface area contributed by atoms with Gasteiger partial charge in [0, 0.05) is 23.2 Å². The van der Waals surface area contributed by atoms with Crippen LogP contribution in [0.5, 0.6) is 0 Å². The summed E-state index contributed by atoms with van der Waals surface area (Å²) in [6.07, 6.45) is 0.965. The van der Waals surface area contributed by atoms with Crippen molar-refractivity contribution < 1.29 is 14.4 Å². The maximum absolute atomic E-state index is 12.1. The highest BCUT2D eigenvalue weighted by molar-refractivity contribution is 8.13. The van der Waals surface area contributed by atoms with E-state index in [0.29, 0.717) is 12.3 Å². The normalized spacial score (nSPS) is 13.7. The minimum atomic E-state index is -0.492. The van der Waals surface area contributed by atoms with Gasteiger partial charge >= 0.3 is 0 Å². The Bertz CT molecular complexity index is 820. The van der Waals surface area contributed by atoms with Gasteiger partial charge in [-0.2, -0.15) is 0 Å². The van der Waals surface area contributed by atoms with Gasteiger partial charge in [-0.15, -0.1) is 11.3 Å². The van der Waals surface area contributed by atoms with Crippen molar-refractivity contribution in [1.29, 1.82) is 0 Å². The molecule has 0 saturated carbocycles. The van der Waals surface area contributed by atoms with Crippen LogP contribution in [0.15, 0.2) is 29.6 Å². The molecular weight excluding hydrogens is 372 g/mol. The number of carbonyl (C=O) groups is 3. The summed E-state index contributed by atoms with van der Waals surface area (Å²) in [5, 5.41) is 2.26. The van der Waals surface area contributed by atoms with Crippen molar-refractivity contribution in [3.8, 4) is 10.6 Å². The third-order valence-electron chi connectivity index (χ3n) is 3.84. The summed E-state index contributed by atoms with van der Waals surface area (Å²) in [6, 6.07) is 8.03. The molecule has 0 radical (unpaired) electrons. The van der Waals surface area contributed by atoms with Crippen LogP contribution in [0.4, 0.5) is 4.79 Å². The number of nitrogens with one attached hydrogen (secondary N) is 2. The first-order chi connectivity index (χ1) is 12.6. The lowest BCUT2D eigenvalue weighted by Crippen LogP contribution is -2.46. The van der Waals surface area contributed by atoms with E-state index in [1.54, 1.807) is 5.38 Å². The second-order valence-electron chi connectivity index (χ2n) is 5.63. The fourth-order valence-electron chi connectivity index (χ4n) is 2.37. The highest BCUT2D eigenvalue weighted by Crippen LogP contribution is 2.24. The summed E-state index contributed by atoms with van der Waals surface area (Å²) in [6.45, 7) is 2.56. The van der Waals surface area contributed by atoms with Crippen molar-refractivity contribution in [2.24, 2.45) is 0 Å². The average molecular weight is 390 g/mol. The lowest BCUT2D eigenvalue weighted by Gasteiger charge is -2.14. The van der Waals surface area contributed by atoms with E-state index in [4.69, 9.17) is 0 Å². The molecule has 3 amide bonds. The molecule has 0 atom stereocenters. The van der Waals surface area contributed by atoms with E-state index in [2.05, 4.69) is 22.8 Å². The van der Waals surface area contributed by atoms with E-state index in [0.717, 1.165) is 17.0 Å². The third kappa shape index (κ3) is 4.41. The van der Waals surface area contributed by atoms with E-state index >= 15 is 0 Å². The first-order valence-electron chi connectivity index (χ1n) is 8.12. The number of rotatable bonds is 5. The molecule has 2 heterocycles. The van der Waals surface area contributed by atoms with Gasteiger partial charge in [0.25, 0.3) is 17.1 Å². The standard InChI is InChI=1S/C17H18N4O3S2/c1-2-11-3-5-12(6-4-11)16-18-13(10-26-16)15(23)20-19-14(22)9-21-7-8-25-17(21)24/h3-6,10H,2,7-9H2,1H3,(H,19,22)(H,20,23). The van der Waals surface area contributed by atoms with E-state index < -0.39 is 11.8 Å². The summed E-state index contributed by atoms with van der Waals surface area (Å²) < 4.78 is 0. The summed E-state index contributed by atoms with van der Waals surface area (Å²) in [7, 11) is 0. The monoisotopic (exact) mass is 390 g/mol. The van der Waals surface area contributed by atoms with E-state index in [1.807, 2.05) is 24.3 Å². The van der Waals surface area contributed by atoms with Gasteiger partial charge in [-0.05, 0) is 12.0 Å². The van der Waals surface area contributed by atoms with Crippen molar-refractivity contribution in [3.05, 3.63) is 40.9 Å². The molecule has 1 aliphatic heterocycles. The molecular formula is C17H18N4O3S2. The third-order valence-corrected chi connectivity index (χ3v) is 5.62. The van der Waals surface area contributed by atoms with Crippen LogP contribution in [0.25, 0.3) is 10.6 Å². The first kappa shape index (κ1) is 18.4. The number of amides is 3. The number of aromatic nitrogens is 1. The number of benzene rings is 1. The topological polar surface area (TPSA) is 91.4 Å². The lowest BCUT2D eigenvalue weighted by atomic mass is 10.1. The number of thiazole rings is 1. The van der Waals surface area contributed by atoms with Crippen molar-refractivity contribution >= 4 is 40.2 Å². The molecule has 1 fully saturated rings. The molecule has 0 unspecified atom stereocenters. The van der Waals surface area contributed by atoms with Crippen LogP contribution in [0.1, 0.15) is 23.0 Å². The van der Waals surface area contributed by atoms with Crippen molar-refractivity contribution in [3.63, 3.8) is 0 Å². The zero-order chi connectivity index (χ0) is 18.5. The van der Waals surface area contributed by atoms with Crippen molar-refractivity contribution in [2.45, 2.75) is 13.3 Å². The molecule has 1 aromatic heterocycles. The van der Waals surface area contributed by atoms with E-state index in [1.165, 1.54) is 33.6 Å². The van der Waals surface area contributed by atoms with Crippen LogP contribution in [0.3, 0.4) is 0 Å². The van der Waals surface area contributed by atoms with Crippen LogP contribution in [-0.2, 0) is 11.2 Å². The molecule has 0 aliphatic carbocycles. The molecule has 136 valence electrons. The summed E-state index contributed by atoms with van der Waals surface area (Å²) in [4.78, 5) is 41.2. The predicted molar refractivity (Wildman–Crippen MR) is 102 cm³/mol. The van der Waals surface area contributed by atoms with E-state index in [9.17, 15) is 14.4 Å². The molecule has 1 aliphatic rings. The highest BCUT2D eigenvalue weighted by Gasteiger charge is 2.23. The lowest BCUT2D eigenvalue weighted by molar-refractivity contribution is -0.122. The number of aryl methyl sites for hydroxylation is 1. The fourth-order valence-corrected chi connectivity index (χ4v) is 4.00. The Balaban J connectivity index is 1.54. The first-order valence-corrected chi connectivity index (χ1v) is 9.99. The van der Waals surface area contributed by atoms with Crippen LogP contribution < -0.4 is 10.9 Å². The molecule has 9 heteroatoms. The van der Waals surface area contributed by atoms with Crippen LogP contribution >= 0.6 is 23.1 Å². The molecule has 7 nitrogen and oxygen atoms in total. The van der Waals surface area contributed by atoms with Gasteiger partial charge in [0.2, 0.25) is 0 Å². The molecule has 26 heavy (non-hydrogen) atoms. The maximum atomic E-state index is 12.1.